The lowest BCUT2D eigenvalue weighted by Crippen LogP contribution is -2.24. The van der Waals surface area contributed by atoms with E-state index in [0.717, 1.165) is 6.07 Å². The van der Waals surface area contributed by atoms with Gasteiger partial charge in [-0.3, -0.25) is 14.9 Å². The Morgan fingerprint density at radius 2 is 2.18 bits per heavy atom. The molecule has 1 rings (SSSR count). The van der Waals surface area contributed by atoms with E-state index in [1.807, 2.05) is 0 Å². The smallest absolute Gasteiger partial charge is 0.270 e. The van der Waals surface area contributed by atoms with E-state index in [1.165, 1.54) is 12.1 Å². The van der Waals surface area contributed by atoms with Crippen LogP contribution in [0.15, 0.2) is 29.8 Å². The van der Waals surface area contributed by atoms with Gasteiger partial charge >= 0.3 is 0 Å². The first-order valence-corrected chi connectivity index (χ1v) is 5.23. The third kappa shape index (κ3) is 3.72. The summed E-state index contributed by atoms with van der Waals surface area (Å²) in [5.41, 5.74) is -0.178. The highest BCUT2D eigenvalue weighted by molar-refractivity contribution is 6.34. The molecule has 90 valence electrons. The van der Waals surface area contributed by atoms with Gasteiger partial charge in [0.1, 0.15) is 0 Å². The number of nitrogens with zero attached hydrogens (tertiary/aromatic N) is 1. The zero-order chi connectivity index (χ0) is 13.0. The van der Waals surface area contributed by atoms with Crippen molar-refractivity contribution < 1.29 is 9.72 Å². The van der Waals surface area contributed by atoms with Gasteiger partial charge in [-0.1, -0.05) is 29.8 Å². The Kier molecular flexibility index (Phi) is 4.48. The molecule has 1 amide bonds. The van der Waals surface area contributed by atoms with Crippen LogP contribution < -0.4 is 5.32 Å². The number of carbonyl (C=O) groups excluding carboxylic acids is 1. The fourth-order valence-corrected chi connectivity index (χ4v) is 1.34. The first-order valence-electron chi connectivity index (χ1n) is 4.47. The molecule has 0 radical (unpaired) electrons. The van der Waals surface area contributed by atoms with Crippen LogP contribution >= 0.6 is 23.2 Å². The quantitative estimate of drug-likeness (QED) is 0.678. The van der Waals surface area contributed by atoms with E-state index in [4.69, 9.17) is 23.2 Å². The maximum atomic E-state index is 11.6. The molecule has 0 saturated carbocycles. The van der Waals surface area contributed by atoms with Gasteiger partial charge in [0.15, 0.2) is 0 Å². The highest BCUT2D eigenvalue weighted by Crippen LogP contribution is 2.21. The van der Waals surface area contributed by atoms with E-state index in [2.05, 4.69) is 11.9 Å². The second-order valence-electron chi connectivity index (χ2n) is 3.12. The van der Waals surface area contributed by atoms with Crippen molar-refractivity contribution in [3.05, 3.63) is 50.5 Å². The number of nitro groups is 1. The maximum Gasteiger partial charge on any atom is 0.270 e. The molecule has 0 fully saturated rings. The summed E-state index contributed by atoms with van der Waals surface area (Å²) in [4.78, 5) is 21.6. The topological polar surface area (TPSA) is 72.2 Å². The summed E-state index contributed by atoms with van der Waals surface area (Å²) >= 11 is 11.3. The third-order valence-electron chi connectivity index (χ3n) is 1.85. The van der Waals surface area contributed by atoms with Crippen molar-refractivity contribution in [2.75, 3.05) is 6.54 Å². The molecule has 0 bridgehead atoms. The fourth-order valence-electron chi connectivity index (χ4n) is 1.07. The van der Waals surface area contributed by atoms with Gasteiger partial charge in [-0.25, -0.2) is 0 Å². The molecule has 0 aliphatic heterocycles. The number of nitrogens with one attached hydrogen (secondary N) is 1. The number of non-ortho nitro benzene ring substituents is 1. The van der Waals surface area contributed by atoms with Crippen LogP contribution in [0.2, 0.25) is 5.02 Å². The summed E-state index contributed by atoms with van der Waals surface area (Å²) in [5, 5.41) is 13.4. The molecule has 5 nitrogen and oxygen atoms in total. The molecule has 1 N–H and O–H groups in total. The van der Waals surface area contributed by atoms with Crippen LogP contribution in [0.25, 0.3) is 0 Å². The van der Waals surface area contributed by atoms with Crippen LogP contribution in [-0.4, -0.2) is 17.4 Å². The van der Waals surface area contributed by atoms with Crippen LogP contribution in [0.3, 0.4) is 0 Å². The first kappa shape index (κ1) is 13.5. The predicted molar refractivity (Wildman–Crippen MR) is 65.4 cm³/mol. The molecule has 17 heavy (non-hydrogen) atoms. The monoisotopic (exact) mass is 274 g/mol. The molecule has 0 aromatic heterocycles. The van der Waals surface area contributed by atoms with Gasteiger partial charge in [0.2, 0.25) is 0 Å². The summed E-state index contributed by atoms with van der Waals surface area (Å²) in [6.07, 6.45) is 0. The van der Waals surface area contributed by atoms with Crippen LogP contribution in [0.5, 0.6) is 0 Å². The van der Waals surface area contributed by atoms with Crippen molar-refractivity contribution in [3.8, 4) is 0 Å². The van der Waals surface area contributed by atoms with Crippen molar-refractivity contribution in [1.29, 1.82) is 0 Å². The highest BCUT2D eigenvalue weighted by Gasteiger charge is 2.15. The predicted octanol–water partition coefficient (Wildman–Crippen LogP) is 2.73. The zero-order valence-electron chi connectivity index (χ0n) is 8.57. The van der Waals surface area contributed by atoms with E-state index in [9.17, 15) is 14.9 Å². The molecule has 7 heteroatoms. The summed E-state index contributed by atoms with van der Waals surface area (Å²) < 4.78 is 0. The molecule has 0 aliphatic carbocycles. The molecule has 0 heterocycles. The van der Waals surface area contributed by atoms with Crippen molar-refractivity contribution in [2.45, 2.75) is 0 Å². The lowest BCUT2D eigenvalue weighted by Gasteiger charge is -2.05. The Bertz CT molecular complexity index is 488. The Labute approximate surface area is 107 Å². The van der Waals surface area contributed by atoms with Crippen LogP contribution in [-0.2, 0) is 0 Å². The number of halogens is 2. The van der Waals surface area contributed by atoms with Gasteiger partial charge in [0.05, 0.1) is 22.1 Å². The van der Waals surface area contributed by atoms with Gasteiger partial charge < -0.3 is 5.32 Å². The summed E-state index contributed by atoms with van der Waals surface area (Å²) in [5.74, 6) is -0.541. The van der Waals surface area contributed by atoms with E-state index < -0.39 is 10.8 Å². The summed E-state index contributed by atoms with van der Waals surface area (Å²) in [7, 11) is 0. The number of rotatable bonds is 4. The van der Waals surface area contributed by atoms with Crippen LogP contribution in [0.1, 0.15) is 10.4 Å². The number of carbonyl (C=O) groups is 1. The standard InChI is InChI=1S/C10H8Cl2N2O3/c1-6(11)5-13-10(15)8-4-7(14(16)17)2-3-9(8)12/h2-4H,1,5H2,(H,13,15). The summed E-state index contributed by atoms with van der Waals surface area (Å²) in [6, 6.07) is 3.62. The molecular weight excluding hydrogens is 267 g/mol. The fraction of sp³-hybridized carbons (Fsp3) is 0.100. The van der Waals surface area contributed by atoms with Crippen molar-refractivity contribution >= 4 is 34.8 Å². The second-order valence-corrected chi connectivity index (χ2v) is 4.06. The molecule has 1 aromatic carbocycles. The summed E-state index contributed by atoms with van der Waals surface area (Å²) in [6.45, 7) is 3.47. The normalized spacial score (nSPS) is 9.76. The SMILES string of the molecule is C=C(Cl)CNC(=O)c1cc([N+](=O)[O-])ccc1Cl. The Morgan fingerprint density at radius 1 is 1.53 bits per heavy atom. The minimum Gasteiger partial charge on any atom is -0.347 e. The molecular formula is C10H8Cl2N2O3. The lowest BCUT2D eigenvalue weighted by atomic mass is 10.2. The Hall–Kier alpha value is -1.59. The van der Waals surface area contributed by atoms with Gasteiger partial charge in [-0.15, -0.1) is 0 Å². The average molecular weight is 275 g/mol. The average Bonchev–Trinajstić information content (AvgIpc) is 2.26. The van der Waals surface area contributed by atoms with E-state index in [1.54, 1.807) is 0 Å². The minimum absolute atomic E-state index is 0.0267. The van der Waals surface area contributed by atoms with E-state index in [0.29, 0.717) is 0 Å². The molecule has 0 saturated heterocycles. The first-order chi connectivity index (χ1) is 7.91. The lowest BCUT2D eigenvalue weighted by molar-refractivity contribution is -0.384. The van der Waals surface area contributed by atoms with Gasteiger partial charge in [-0.2, -0.15) is 0 Å². The van der Waals surface area contributed by atoms with E-state index in [-0.39, 0.29) is 27.9 Å². The van der Waals surface area contributed by atoms with Gasteiger partial charge in [-0.05, 0) is 6.07 Å². The minimum atomic E-state index is -0.604. The second kappa shape index (κ2) is 5.65. The number of hydrogen-bond acceptors (Lipinski definition) is 3. The molecule has 0 spiro atoms. The number of benzene rings is 1. The number of amides is 1. The Balaban J connectivity index is 2.95. The molecule has 0 atom stereocenters. The van der Waals surface area contributed by atoms with Crippen molar-refractivity contribution in [1.82, 2.24) is 5.32 Å². The van der Waals surface area contributed by atoms with Gasteiger partial charge in [0.25, 0.3) is 11.6 Å². The molecule has 1 aromatic rings. The third-order valence-corrected chi connectivity index (χ3v) is 2.31. The van der Waals surface area contributed by atoms with E-state index >= 15 is 0 Å². The maximum absolute atomic E-state index is 11.6. The van der Waals surface area contributed by atoms with Crippen molar-refractivity contribution in [2.24, 2.45) is 0 Å². The van der Waals surface area contributed by atoms with Gasteiger partial charge in [0, 0.05) is 17.2 Å². The number of hydrogen-bond donors (Lipinski definition) is 1. The Morgan fingerprint density at radius 3 is 2.71 bits per heavy atom. The van der Waals surface area contributed by atoms with Crippen molar-refractivity contribution in [3.63, 3.8) is 0 Å². The molecule has 0 aliphatic rings. The largest absolute Gasteiger partial charge is 0.347 e. The molecule has 0 unspecified atom stereocenters. The highest BCUT2D eigenvalue weighted by atomic mass is 35.5. The number of nitro benzene ring substituents is 1. The zero-order valence-corrected chi connectivity index (χ0v) is 10.1. The van der Waals surface area contributed by atoms with Crippen LogP contribution in [0.4, 0.5) is 5.69 Å². The van der Waals surface area contributed by atoms with Crippen LogP contribution in [0, 0.1) is 10.1 Å².